The quantitative estimate of drug-likeness (QED) is 0.723. The van der Waals surface area contributed by atoms with Crippen molar-refractivity contribution in [1.82, 2.24) is 15.0 Å². The van der Waals surface area contributed by atoms with Crippen LogP contribution in [-0.4, -0.2) is 22.1 Å². The number of ether oxygens (including phenoxy) is 1. The summed E-state index contributed by atoms with van der Waals surface area (Å²) in [5.41, 5.74) is 2.94. The highest BCUT2D eigenvalue weighted by molar-refractivity contribution is 5.56. The molecular weight excluding hydrogens is 302 g/mol. The van der Waals surface area contributed by atoms with Crippen LogP contribution in [0.25, 0.3) is 0 Å². The monoisotopic (exact) mass is 321 g/mol. The van der Waals surface area contributed by atoms with Gasteiger partial charge in [-0.1, -0.05) is 0 Å². The molecule has 0 bridgehead atoms. The van der Waals surface area contributed by atoms with Gasteiger partial charge in [0.05, 0.1) is 7.11 Å². The molecule has 0 spiro atoms. The minimum Gasteiger partial charge on any atom is -0.497 e. The van der Waals surface area contributed by atoms with Gasteiger partial charge in [0.25, 0.3) is 0 Å². The number of rotatable bonds is 6. The molecule has 0 saturated heterocycles. The number of nitrogens with zero attached hydrogens (tertiary/aromatic N) is 3. The van der Waals surface area contributed by atoms with Gasteiger partial charge < -0.3 is 15.4 Å². The summed E-state index contributed by atoms with van der Waals surface area (Å²) < 4.78 is 5.16. The SMILES string of the molecule is COc1ccc(Nc2nc(C)cc(NCc3ccncc3)n2)cc1. The molecule has 0 saturated carbocycles. The lowest BCUT2D eigenvalue weighted by Crippen LogP contribution is -2.05. The van der Waals surface area contributed by atoms with Crippen molar-refractivity contribution < 1.29 is 4.74 Å². The molecule has 2 aromatic heterocycles. The van der Waals surface area contributed by atoms with E-state index < -0.39 is 0 Å². The second-order valence-electron chi connectivity index (χ2n) is 5.28. The Labute approximate surface area is 141 Å². The molecule has 0 aliphatic carbocycles. The third-order valence-corrected chi connectivity index (χ3v) is 3.42. The Morgan fingerprint density at radius 3 is 2.46 bits per heavy atom. The molecule has 1 aromatic carbocycles. The molecule has 0 aliphatic heterocycles. The Kier molecular flexibility index (Phi) is 4.86. The molecule has 122 valence electrons. The van der Waals surface area contributed by atoms with Gasteiger partial charge in [-0.15, -0.1) is 0 Å². The maximum Gasteiger partial charge on any atom is 0.229 e. The zero-order valence-corrected chi connectivity index (χ0v) is 13.7. The first kappa shape index (κ1) is 15.7. The lowest BCUT2D eigenvalue weighted by molar-refractivity contribution is 0.415. The second-order valence-corrected chi connectivity index (χ2v) is 5.28. The van der Waals surface area contributed by atoms with E-state index in [0.29, 0.717) is 12.5 Å². The van der Waals surface area contributed by atoms with Crippen LogP contribution in [0.5, 0.6) is 5.75 Å². The van der Waals surface area contributed by atoms with Crippen molar-refractivity contribution in [3.8, 4) is 5.75 Å². The van der Waals surface area contributed by atoms with Crippen LogP contribution in [0.4, 0.5) is 17.5 Å². The highest BCUT2D eigenvalue weighted by Crippen LogP contribution is 2.19. The number of hydrogen-bond acceptors (Lipinski definition) is 6. The molecule has 6 heteroatoms. The highest BCUT2D eigenvalue weighted by Gasteiger charge is 2.03. The average Bonchev–Trinajstić information content (AvgIpc) is 2.61. The molecule has 2 heterocycles. The third-order valence-electron chi connectivity index (χ3n) is 3.42. The van der Waals surface area contributed by atoms with Crippen LogP contribution in [0.15, 0.2) is 54.9 Å². The van der Waals surface area contributed by atoms with Crippen LogP contribution in [0, 0.1) is 6.92 Å². The molecule has 24 heavy (non-hydrogen) atoms. The summed E-state index contributed by atoms with van der Waals surface area (Å²) >= 11 is 0. The number of benzene rings is 1. The van der Waals surface area contributed by atoms with Crippen LogP contribution < -0.4 is 15.4 Å². The normalized spacial score (nSPS) is 10.2. The molecule has 0 unspecified atom stereocenters. The largest absolute Gasteiger partial charge is 0.497 e. The van der Waals surface area contributed by atoms with E-state index in [1.165, 1.54) is 0 Å². The smallest absolute Gasteiger partial charge is 0.229 e. The minimum absolute atomic E-state index is 0.553. The van der Waals surface area contributed by atoms with Gasteiger partial charge in [0.15, 0.2) is 0 Å². The summed E-state index contributed by atoms with van der Waals surface area (Å²) in [5, 5.41) is 6.51. The molecule has 6 nitrogen and oxygen atoms in total. The highest BCUT2D eigenvalue weighted by atomic mass is 16.5. The summed E-state index contributed by atoms with van der Waals surface area (Å²) in [4.78, 5) is 12.9. The molecule has 3 rings (SSSR count). The van der Waals surface area contributed by atoms with Gasteiger partial charge in [-0.25, -0.2) is 4.98 Å². The van der Waals surface area contributed by atoms with Gasteiger partial charge in [0.1, 0.15) is 11.6 Å². The Hall–Kier alpha value is -3.15. The predicted molar refractivity (Wildman–Crippen MR) is 94.6 cm³/mol. The number of pyridine rings is 1. The van der Waals surface area contributed by atoms with Crippen LogP contribution in [0.1, 0.15) is 11.3 Å². The van der Waals surface area contributed by atoms with E-state index in [4.69, 9.17) is 4.74 Å². The summed E-state index contributed by atoms with van der Waals surface area (Å²) in [6.45, 7) is 2.62. The summed E-state index contributed by atoms with van der Waals surface area (Å²) in [6.07, 6.45) is 3.55. The van der Waals surface area contributed by atoms with Crippen molar-refractivity contribution >= 4 is 17.5 Å². The first-order valence-electron chi connectivity index (χ1n) is 7.62. The van der Waals surface area contributed by atoms with Gasteiger partial charge >= 0.3 is 0 Å². The number of aryl methyl sites for hydroxylation is 1. The zero-order chi connectivity index (χ0) is 16.8. The molecule has 0 amide bonds. The number of anilines is 3. The summed E-state index contributed by atoms with van der Waals surface area (Å²) in [7, 11) is 1.65. The molecule has 2 N–H and O–H groups in total. The first-order valence-corrected chi connectivity index (χ1v) is 7.62. The van der Waals surface area contributed by atoms with E-state index >= 15 is 0 Å². The van der Waals surface area contributed by atoms with E-state index in [2.05, 4.69) is 25.6 Å². The first-order chi connectivity index (χ1) is 11.7. The fourth-order valence-electron chi connectivity index (χ4n) is 2.21. The van der Waals surface area contributed by atoms with E-state index in [0.717, 1.165) is 28.5 Å². The van der Waals surface area contributed by atoms with Crippen molar-refractivity contribution in [3.63, 3.8) is 0 Å². The van der Waals surface area contributed by atoms with Crippen LogP contribution >= 0.6 is 0 Å². The van der Waals surface area contributed by atoms with Gasteiger partial charge in [0, 0.05) is 36.4 Å². The van der Waals surface area contributed by atoms with Crippen LogP contribution in [0.3, 0.4) is 0 Å². The Bertz CT molecular complexity index is 790. The number of aromatic nitrogens is 3. The number of nitrogens with one attached hydrogen (secondary N) is 2. The zero-order valence-electron chi connectivity index (χ0n) is 13.7. The molecule has 0 radical (unpaired) electrons. The lowest BCUT2D eigenvalue weighted by Gasteiger charge is -2.10. The molecule has 0 aliphatic rings. The Morgan fingerprint density at radius 1 is 1.00 bits per heavy atom. The number of hydrogen-bond donors (Lipinski definition) is 2. The maximum absolute atomic E-state index is 5.16. The molecular formula is C18H19N5O. The lowest BCUT2D eigenvalue weighted by atomic mass is 10.3. The fourth-order valence-corrected chi connectivity index (χ4v) is 2.21. The molecule has 0 atom stereocenters. The number of methoxy groups -OCH3 is 1. The predicted octanol–water partition coefficient (Wildman–Crippen LogP) is 3.54. The maximum atomic E-state index is 5.16. The van der Waals surface area contributed by atoms with E-state index in [1.54, 1.807) is 19.5 Å². The molecule has 0 fully saturated rings. The van der Waals surface area contributed by atoms with Crippen molar-refractivity contribution in [2.24, 2.45) is 0 Å². The third kappa shape index (κ3) is 4.19. The van der Waals surface area contributed by atoms with Crippen LogP contribution in [0.2, 0.25) is 0 Å². The van der Waals surface area contributed by atoms with Gasteiger partial charge in [-0.2, -0.15) is 4.98 Å². The Balaban J connectivity index is 1.70. The second kappa shape index (κ2) is 7.41. The van der Waals surface area contributed by atoms with E-state index in [1.807, 2.05) is 49.4 Å². The van der Waals surface area contributed by atoms with Crippen molar-refractivity contribution in [2.45, 2.75) is 13.5 Å². The Morgan fingerprint density at radius 2 is 1.75 bits per heavy atom. The van der Waals surface area contributed by atoms with E-state index in [9.17, 15) is 0 Å². The topological polar surface area (TPSA) is 72.0 Å². The van der Waals surface area contributed by atoms with Crippen molar-refractivity contribution in [3.05, 3.63) is 66.1 Å². The van der Waals surface area contributed by atoms with Gasteiger partial charge in [-0.05, 0) is 48.9 Å². The standard InChI is InChI=1S/C18H19N5O/c1-13-11-17(20-12-14-7-9-19-10-8-14)23-18(21-13)22-15-3-5-16(24-2)6-4-15/h3-11H,12H2,1-2H3,(H2,20,21,22,23). The molecule has 3 aromatic rings. The van der Waals surface area contributed by atoms with Gasteiger partial charge in [0.2, 0.25) is 5.95 Å². The summed E-state index contributed by atoms with van der Waals surface area (Å²) in [5.74, 6) is 2.14. The average molecular weight is 321 g/mol. The minimum atomic E-state index is 0.553. The van der Waals surface area contributed by atoms with Crippen molar-refractivity contribution in [2.75, 3.05) is 17.7 Å². The van der Waals surface area contributed by atoms with E-state index in [-0.39, 0.29) is 0 Å². The fraction of sp³-hybridized carbons (Fsp3) is 0.167. The van der Waals surface area contributed by atoms with Gasteiger partial charge in [-0.3, -0.25) is 4.98 Å². The van der Waals surface area contributed by atoms with Crippen molar-refractivity contribution in [1.29, 1.82) is 0 Å². The summed E-state index contributed by atoms with van der Waals surface area (Å²) in [6, 6.07) is 13.5. The van der Waals surface area contributed by atoms with Crippen LogP contribution in [-0.2, 0) is 6.54 Å².